The van der Waals surface area contributed by atoms with Gasteiger partial charge in [0.05, 0.1) is 6.04 Å². The number of nitrogens with two attached hydrogens (primary N) is 1. The van der Waals surface area contributed by atoms with Crippen LogP contribution in [0.3, 0.4) is 0 Å². The van der Waals surface area contributed by atoms with Gasteiger partial charge >= 0.3 is 0 Å². The molecule has 0 aliphatic carbocycles. The molecule has 0 bridgehead atoms. The topological polar surface area (TPSA) is 46.3 Å². The van der Waals surface area contributed by atoms with E-state index in [4.69, 9.17) is 5.73 Å². The number of carbonyl (C=O) groups excluding carboxylic acids is 1. The molecule has 3 heteroatoms. The normalized spacial score (nSPS) is 14.2. The summed E-state index contributed by atoms with van der Waals surface area (Å²) in [4.78, 5) is 13.9. The Balaban J connectivity index is 2.87. The molecule has 2 atom stereocenters. The minimum Gasteiger partial charge on any atom is -0.320 e. The standard InChI is InChI=1S/C14H22N2O/c1-5-10(2)13(15)14(17)16(4)12-9-7-6-8-11(12)3/h6-10,13H,5,15H2,1-4H3. The molecule has 1 aromatic rings. The van der Waals surface area contributed by atoms with Gasteiger partial charge in [-0.15, -0.1) is 0 Å². The van der Waals surface area contributed by atoms with Gasteiger partial charge in [0.15, 0.2) is 0 Å². The predicted octanol–water partition coefficient (Wildman–Crippen LogP) is 2.33. The van der Waals surface area contributed by atoms with Gasteiger partial charge in [-0.2, -0.15) is 0 Å². The molecule has 2 unspecified atom stereocenters. The summed E-state index contributed by atoms with van der Waals surface area (Å²) in [7, 11) is 1.78. The Hall–Kier alpha value is -1.35. The number of benzene rings is 1. The van der Waals surface area contributed by atoms with Crippen molar-refractivity contribution in [2.75, 3.05) is 11.9 Å². The molecule has 0 saturated carbocycles. The van der Waals surface area contributed by atoms with Crippen molar-refractivity contribution in [3.8, 4) is 0 Å². The lowest BCUT2D eigenvalue weighted by molar-refractivity contribution is -0.120. The first-order valence-corrected chi connectivity index (χ1v) is 6.07. The highest BCUT2D eigenvalue weighted by molar-refractivity contribution is 5.97. The summed E-state index contributed by atoms with van der Waals surface area (Å²) >= 11 is 0. The number of hydrogen-bond donors (Lipinski definition) is 1. The van der Waals surface area contributed by atoms with Crippen molar-refractivity contribution in [1.29, 1.82) is 0 Å². The number of anilines is 1. The summed E-state index contributed by atoms with van der Waals surface area (Å²) < 4.78 is 0. The number of carbonyl (C=O) groups is 1. The molecule has 0 aliphatic rings. The van der Waals surface area contributed by atoms with Gasteiger partial charge < -0.3 is 10.6 Å². The minimum absolute atomic E-state index is 0.0198. The molecule has 0 spiro atoms. The van der Waals surface area contributed by atoms with Crippen LogP contribution < -0.4 is 10.6 Å². The summed E-state index contributed by atoms with van der Waals surface area (Å²) in [6.07, 6.45) is 0.911. The van der Waals surface area contributed by atoms with Crippen molar-refractivity contribution in [2.24, 2.45) is 11.7 Å². The van der Waals surface area contributed by atoms with Crippen LogP contribution in [0.5, 0.6) is 0 Å². The lowest BCUT2D eigenvalue weighted by Crippen LogP contribution is -2.45. The van der Waals surface area contributed by atoms with Crippen LogP contribution in [0, 0.1) is 12.8 Å². The lowest BCUT2D eigenvalue weighted by atomic mass is 9.98. The van der Waals surface area contributed by atoms with E-state index in [9.17, 15) is 4.79 Å². The molecule has 0 aliphatic heterocycles. The monoisotopic (exact) mass is 234 g/mol. The SMILES string of the molecule is CCC(C)C(N)C(=O)N(C)c1ccccc1C. The molecule has 1 amide bonds. The average Bonchev–Trinajstić information content (AvgIpc) is 2.35. The number of hydrogen-bond acceptors (Lipinski definition) is 2. The van der Waals surface area contributed by atoms with Gasteiger partial charge in [-0.05, 0) is 24.5 Å². The van der Waals surface area contributed by atoms with E-state index in [0.29, 0.717) is 0 Å². The van der Waals surface area contributed by atoms with E-state index in [0.717, 1.165) is 17.7 Å². The van der Waals surface area contributed by atoms with Gasteiger partial charge in [-0.1, -0.05) is 38.5 Å². The fourth-order valence-electron chi connectivity index (χ4n) is 1.78. The zero-order chi connectivity index (χ0) is 13.0. The first-order valence-electron chi connectivity index (χ1n) is 6.07. The Bertz CT molecular complexity index is 390. The Morgan fingerprint density at radius 1 is 1.41 bits per heavy atom. The first kappa shape index (κ1) is 13.7. The van der Waals surface area contributed by atoms with Crippen molar-refractivity contribution < 1.29 is 4.79 Å². The summed E-state index contributed by atoms with van der Waals surface area (Å²) in [6, 6.07) is 7.40. The summed E-state index contributed by atoms with van der Waals surface area (Å²) in [5.74, 6) is 0.183. The van der Waals surface area contributed by atoms with E-state index in [-0.39, 0.29) is 11.8 Å². The molecule has 1 aromatic carbocycles. The quantitative estimate of drug-likeness (QED) is 0.869. The highest BCUT2D eigenvalue weighted by Crippen LogP contribution is 2.19. The maximum absolute atomic E-state index is 12.2. The Morgan fingerprint density at radius 2 is 2.00 bits per heavy atom. The molecule has 0 saturated heterocycles. The van der Waals surface area contributed by atoms with Crippen molar-refractivity contribution >= 4 is 11.6 Å². The van der Waals surface area contributed by atoms with Crippen LogP contribution in [0.25, 0.3) is 0 Å². The van der Waals surface area contributed by atoms with Gasteiger partial charge in [-0.25, -0.2) is 0 Å². The van der Waals surface area contributed by atoms with Crippen LogP contribution in [0.2, 0.25) is 0 Å². The zero-order valence-electron chi connectivity index (χ0n) is 11.1. The van der Waals surface area contributed by atoms with Crippen LogP contribution in [0.1, 0.15) is 25.8 Å². The van der Waals surface area contributed by atoms with Gasteiger partial charge in [-0.3, -0.25) is 4.79 Å². The fourth-order valence-corrected chi connectivity index (χ4v) is 1.78. The van der Waals surface area contributed by atoms with Crippen LogP contribution >= 0.6 is 0 Å². The highest BCUT2D eigenvalue weighted by Gasteiger charge is 2.24. The third-order valence-corrected chi connectivity index (χ3v) is 3.35. The number of para-hydroxylation sites is 1. The summed E-state index contributed by atoms with van der Waals surface area (Å²) in [5.41, 5.74) is 7.98. The fraction of sp³-hybridized carbons (Fsp3) is 0.500. The highest BCUT2D eigenvalue weighted by atomic mass is 16.2. The van der Waals surface area contributed by atoms with Crippen molar-refractivity contribution in [3.05, 3.63) is 29.8 Å². The van der Waals surface area contributed by atoms with Gasteiger partial charge in [0, 0.05) is 12.7 Å². The van der Waals surface area contributed by atoms with E-state index in [1.165, 1.54) is 0 Å². The molecule has 0 heterocycles. The number of aryl methyl sites for hydroxylation is 1. The van der Waals surface area contributed by atoms with Gasteiger partial charge in [0.2, 0.25) is 5.91 Å². The Labute approximate surface area is 104 Å². The van der Waals surface area contributed by atoms with Gasteiger partial charge in [0.25, 0.3) is 0 Å². The minimum atomic E-state index is -0.426. The second-order valence-electron chi connectivity index (χ2n) is 4.60. The molecule has 2 N–H and O–H groups in total. The first-order chi connectivity index (χ1) is 7.99. The third kappa shape index (κ3) is 3.07. The molecule has 94 valence electrons. The molecular weight excluding hydrogens is 212 g/mol. The lowest BCUT2D eigenvalue weighted by Gasteiger charge is -2.25. The Kier molecular flexibility index (Phi) is 4.70. The van der Waals surface area contributed by atoms with Crippen molar-refractivity contribution in [3.63, 3.8) is 0 Å². The molecule has 1 rings (SSSR count). The van der Waals surface area contributed by atoms with E-state index in [1.54, 1.807) is 11.9 Å². The molecular formula is C14H22N2O. The van der Waals surface area contributed by atoms with Crippen LogP contribution in [-0.4, -0.2) is 19.0 Å². The smallest absolute Gasteiger partial charge is 0.243 e. The summed E-state index contributed by atoms with van der Waals surface area (Å²) in [6.45, 7) is 6.05. The number of amides is 1. The zero-order valence-corrected chi connectivity index (χ0v) is 11.1. The third-order valence-electron chi connectivity index (χ3n) is 3.35. The second kappa shape index (κ2) is 5.82. The van der Waals surface area contributed by atoms with E-state index >= 15 is 0 Å². The van der Waals surface area contributed by atoms with Crippen LogP contribution in [0.4, 0.5) is 5.69 Å². The van der Waals surface area contributed by atoms with Gasteiger partial charge in [0.1, 0.15) is 0 Å². The Morgan fingerprint density at radius 3 is 2.53 bits per heavy atom. The maximum atomic E-state index is 12.2. The largest absolute Gasteiger partial charge is 0.320 e. The second-order valence-corrected chi connectivity index (χ2v) is 4.60. The van der Waals surface area contributed by atoms with E-state index in [1.807, 2.05) is 45.0 Å². The molecule has 3 nitrogen and oxygen atoms in total. The number of rotatable bonds is 4. The van der Waals surface area contributed by atoms with Crippen LogP contribution in [0.15, 0.2) is 24.3 Å². The predicted molar refractivity (Wildman–Crippen MR) is 72.0 cm³/mol. The molecule has 0 aromatic heterocycles. The van der Waals surface area contributed by atoms with Crippen molar-refractivity contribution in [1.82, 2.24) is 0 Å². The number of nitrogens with zero attached hydrogens (tertiary/aromatic N) is 1. The van der Waals surface area contributed by atoms with E-state index in [2.05, 4.69) is 0 Å². The van der Waals surface area contributed by atoms with Crippen LogP contribution in [-0.2, 0) is 4.79 Å². The van der Waals surface area contributed by atoms with Crippen molar-refractivity contribution in [2.45, 2.75) is 33.2 Å². The molecule has 0 radical (unpaired) electrons. The maximum Gasteiger partial charge on any atom is 0.243 e. The molecule has 17 heavy (non-hydrogen) atoms. The molecule has 0 fully saturated rings. The van der Waals surface area contributed by atoms with E-state index < -0.39 is 6.04 Å². The number of likely N-dealkylation sites (N-methyl/N-ethyl adjacent to an activating group) is 1. The summed E-state index contributed by atoms with van der Waals surface area (Å²) in [5, 5.41) is 0. The average molecular weight is 234 g/mol.